The Morgan fingerprint density at radius 3 is 2.55 bits per heavy atom. The second-order valence-corrected chi connectivity index (χ2v) is 6.12. The van der Waals surface area contributed by atoms with Crippen molar-refractivity contribution in [2.45, 2.75) is 25.4 Å². The molecule has 1 aliphatic heterocycles. The van der Waals surface area contributed by atoms with E-state index in [0.717, 1.165) is 16.7 Å². The van der Waals surface area contributed by atoms with Gasteiger partial charge >= 0.3 is 0 Å². The minimum atomic E-state index is -0.257. The second kappa shape index (κ2) is 5.54. The molecule has 1 saturated heterocycles. The number of benzene rings is 1. The van der Waals surface area contributed by atoms with Crippen LogP contribution in [0.15, 0.2) is 22.7 Å². The van der Waals surface area contributed by atoms with E-state index in [1.165, 1.54) is 18.4 Å². The van der Waals surface area contributed by atoms with Crippen LogP contribution in [-0.4, -0.2) is 30.9 Å². The van der Waals surface area contributed by atoms with E-state index in [1.807, 2.05) is 18.2 Å². The third-order valence-corrected chi connectivity index (χ3v) is 4.11. The molecule has 5 nitrogen and oxygen atoms in total. The molecule has 2 aliphatic rings. The Kier molecular flexibility index (Phi) is 3.76. The quantitative estimate of drug-likeness (QED) is 0.809. The Bertz CT molecular complexity index is 541. The Hall–Kier alpha value is -1.40. The molecule has 2 fully saturated rings. The van der Waals surface area contributed by atoms with Crippen molar-refractivity contribution in [2.24, 2.45) is 0 Å². The van der Waals surface area contributed by atoms with Crippen LogP contribution in [0.3, 0.4) is 0 Å². The first kappa shape index (κ1) is 13.6. The van der Waals surface area contributed by atoms with Crippen LogP contribution in [-0.2, 0) is 16.1 Å². The molecule has 3 rings (SSSR count). The molecular weight excluding hydrogens is 322 g/mol. The summed E-state index contributed by atoms with van der Waals surface area (Å²) in [5.41, 5.74) is 2.07. The number of carbonyl (C=O) groups is 2. The monoisotopic (exact) mass is 337 g/mol. The van der Waals surface area contributed by atoms with Gasteiger partial charge in [-0.05, 0) is 46.5 Å². The number of halogens is 1. The van der Waals surface area contributed by atoms with Gasteiger partial charge in [-0.3, -0.25) is 14.9 Å². The van der Waals surface area contributed by atoms with Crippen LogP contribution in [0.5, 0.6) is 0 Å². The van der Waals surface area contributed by atoms with Crippen LogP contribution in [0.2, 0.25) is 0 Å². The molecule has 106 valence electrons. The lowest BCUT2D eigenvalue weighted by Gasteiger charge is -2.28. The lowest BCUT2D eigenvalue weighted by molar-refractivity contribution is -0.130. The molecule has 20 heavy (non-hydrogen) atoms. The predicted molar refractivity (Wildman–Crippen MR) is 79.4 cm³/mol. The first-order valence-electron chi connectivity index (χ1n) is 6.71. The van der Waals surface area contributed by atoms with Gasteiger partial charge in [0, 0.05) is 17.1 Å². The maximum Gasteiger partial charge on any atom is 0.246 e. The molecule has 1 saturated carbocycles. The molecule has 1 aromatic carbocycles. The number of amides is 2. The summed E-state index contributed by atoms with van der Waals surface area (Å²) in [5.74, 6) is -0.514. The van der Waals surface area contributed by atoms with E-state index >= 15 is 0 Å². The van der Waals surface area contributed by atoms with Gasteiger partial charge in [0.05, 0.1) is 18.8 Å². The number of nitrogens with one attached hydrogen (secondary N) is 2. The Morgan fingerprint density at radius 2 is 1.95 bits per heavy atom. The number of anilines is 1. The highest BCUT2D eigenvalue weighted by Gasteiger charge is 2.24. The fourth-order valence-electron chi connectivity index (χ4n) is 2.27. The summed E-state index contributed by atoms with van der Waals surface area (Å²) in [6.45, 7) is 1.27. The number of piperazine rings is 1. The number of hydrogen-bond acceptors (Lipinski definition) is 4. The summed E-state index contributed by atoms with van der Waals surface area (Å²) in [7, 11) is 0. The summed E-state index contributed by atoms with van der Waals surface area (Å²) >= 11 is 3.53. The minimum absolute atomic E-state index is 0.212. The van der Waals surface area contributed by atoms with Gasteiger partial charge in [-0.15, -0.1) is 0 Å². The summed E-state index contributed by atoms with van der Waals surface area (Å²) in [4.78, 5) is 24.6. The van der Waals surface area contributed by atoms with Crippen molar-refractivity contribution in [3.8, 4) is 0 Å². The smallest absolute Gasteiger partial charge is 0.246 e. The van der Waals surface area contributed by atoms with Gasteiger partial charge in [0.2, 0.25) is 11.8 Å². The van der Waals surface area contributed by atoms with Crippen molar-refractivity contribution < 1.29 is 9.59 Å². The van der Waals surface area contributed by atoms with E-state index < -0.39 is 0 Å². The standard InChI is InChI=1S/C14H16BrN3O2/c15-11-5-9(6-16-10-2-3-10)1-4-12(11)18-7-13(19)17-14(20)8-18/h1,4-5,10,16H,2-3,6-8H2,(H,17,19,20). The van der Waals surface area contributed by atoms with E-state index in [9.17, 15) is 9.59 Å². The summed E-state index contributed by atoms with van der Waals surface area (Å²) < 4.78 is 0.912. The predicted octanol–water partition coefficient (Wildman–Crippen LogP) is 1.16. The van der Waals surface area contributed by atoms with Gasteiger partial charge in [-0.2, -0.15) is 0 Å². The number of carbonyl (C=O) groups excluding carboxylic acids is 2. The molecule has 1 heterocycles. The Balaban J connectivity index is 1.72. The molecule has 0 bridgehead atoms. The lowest BCUT2D eigenvalue weighted by atomic mass is 10.1. The Labute approximate surface area is 125 Å². The topological polar surface area (TPSA) is 61.4 Å². The van der Waals surface area contributed by atoms with Gasteiger partial charge < -0.3 is 10.2 Å². The van der Waals surface area contributed by atoms with E-state index in [1.54, 1.807) is 4.90 Å². The molecule has 0 atom stereocenters. The van der Waals surface area contributed by atoms with Gasteiger partial charge in [0.25, 0.3) is 0 Å². The van der Waals surface area contributed by atoms with Crippen molar-refractivity contribution in [3.05, 3.63) is 28.2 Å². The van der Waals surface area contributed by atoms with Crippen molar-refractivity contribution in [1.29, 1.82) is 0 Å². The first-order chi connectivity index (χ1) is 9.61. The molecule has 0 radical (unpaired) electrons. The highest BCUT2D eigenvalue weighted by atomic mass is 79.9. The van der Waals surface area contributed by atoms with Crippen molar-refractivity contribution >= 4 is 33.4 Å². The van der Waals surface area contributed by atoms with E-state index in [2.05, 4.69) is 26.6 Å². The summed E-state index contributed by atoms with van der Waals surface area (Å²) in [6.07, 6.45) is 2.54. The molecular formula is C14H16BrN3O2. The van der Waals surface area contributed by atoms with Gasteiger partial charge in [0.15, 0.2) is 0 Å². The Morgan fingerprint density at radius 1 is 1.25 bits per heavy atom. The highest BCUT2D eigenvalue weighted by Crippen LogP contribution is 2.28. The number of hydrogen-bond donors (Lipinski definition) is 2. The third kappa shape index (κ3) is 3.19. The van der Waals surface area contributed by atoms with Crippen molar-refractivity contribution in [1.82, 2.24) is 10.6 Å². The maximum atomic E-state index is 11.4. The third-order valence-electron chi connectivity index (χ3n) is 3.47. The lowest BCUT2D eigenvalue weighted by Crippen LogP contribution is -2.51. The molecule has 0 spiro atoms. The first-order valence-corrected chi connectivity index (χ1v) is 7.50. The number of rotatable bonds is 4. The summed E-state index contributed by atoms with van der Waals surface area (Å²) in [6, 6.07) is 6.71. The van der Waals surface area contributed by atoms with Crippen LogP contribution >= 0.6 is 15.9 Å². The second-order valence-electron chi connectivity index (χ2n) is 5.27. The van der Waals surface area contributed by atoms with Crippen LogP contribution in [0, 0.1) is 0 Å². The molecule has 2 N–H and O–H groups in total. The molecule has 1 aromatic rings. The van der Waals surface area contributed by atoms with E-state index in [-0.39, 0.29) is 24.9 Å². The van der Waals surface area contributed by atoms with Crippen LogP contribution < -0.4 is 15.5 Å². The zero-order valence-corrected chi connectivity index (χ0v) is 12.6. The SMILES string of the molecule is O=C1CN(c2ccc(CNC3CC3)cc2Br)CC(=O)N1. The van der Waals surface area contributed by atoms with Crippen molar-refractivity contribution in [3.63, 3.8) is 0 Å². The fraction of sp³-hybridized carbons (Fsp3) is 0.429. The summed E-state index contributed by atoms with van der Waals surface area (Å²) in [5, 5.41) is 5.77. The molecule has 1 aliphatic carbocycles. The average Bonchev–Trinajstić information content (AvgIpc) is 3.19. The van der Waals surface area contributed by atoms with E-state index in [4.69, 9.17) is 0 Å². The highest BCUT2D eigenvalue weighted by molar-refractivity contribution is 9.10. The maximum absolute atomic E-state index is 11.4. The van der Waals surface area contributed by atoms with Crippen molar-refractivity contribution in [2.75, 3.05) is 18.0 Å². The normalized spacial score (nSPS) is 19.1. The number of imide groups is 1. The fourth-order valence-corrected chi connectivity index (χ4v) is 2.95. The number of nitrogens with zero attached hydrogens (tertiary/aromatic N) is 1. The zero-order chi connectivity index (χ0) is 14.1. The van der Waals surface area contributed by atoms with Gasteiger partial charge in [0.1, 0.15) is 0 Å². The van der Waals surface area contributed by atoms with Gasteiger partial charge in [-0.1, -0.05) is 6.07 Å². The van der Waals surface area contributed by atoms with Crippen LogP contribution in [0.25, 0.3) is 0 Å². The zero-order valence-electron chi connectivity index (χ0n) is 11.0. The largest absolute Gasteiger partial charge is 0.352 e. The average molecular weight is 338 g/mol. The van der Waals surface area contributed by atoms with Gasteiger partial charge in [-0.25, -0.2) is 0 Å². The van der Waals surface area contributed by atoms with Crippen LogP contribution in [0.4, 0.5) is 5.69 Å². The molecule has 0 aromatic heterocycles. The molecule has 2 amide bonds. The molecule has 0 unspecified atom stereocenters. The minimum Gasteiger partial charge on any atom is -0.352 e. The van der Waals surface area contributed by atoms with E-state index in [0.29, 0.717) is 6.04 Å². The van der Waals surface area contributed by atoms with Crippen LogP contribution in [0.1, 0.15) is 18.4 Å². The molecule has 6 heteroatoms.